The van der Waals surface area contributed by atoms with Crippen molar-refractivity contribution in [2.75, 3.05) is 10.6 Å². The molecule has 2 N–H and O–H groups in total. The van der Waals surface area contributed by atoms with Gasteiger partial charge in [-0.1, -0.05) is 42.5 Å². The fourth-order valence-corrected chi connectivity index (χ4v) is 3.14. The third-order valence-electron chi connectivity index (χ3n) is 3.64. The normalized spacial score (nSPS) is 11.0. The van der Waals surface area contributed by atoms with Crippen molar-refractivity contribution in [1.29, 1.82) is 0 Å². The summed E-state index contributed by atoms with van der Waals surface area (Å²) in [4.78, 5) is 12.0. The topological polar surface area (TPSA) is 75.3 Å². The predicted octanol–water partition coefficient (Wildman–Crippen LogP) is 4.93. The van der Waals surface area contributed by atoms with E-state index < -0.39 is 15.1 Å². The largest absolute Gasteiger partial charge is 0.323 e. The van der Waals surface area contributed by atoms with Crippen LogP contribution in [0.25, 0.3) is 11.1 Å². The van der Waals surface area contributed by atoms with E-state index in [1.54, 1.807) is 0 Å². The standard InChI is InChI=1S/C19H15ClN2O3S/c20-26(24,25)18-12-10-17(11-13-18)22-19(23)21-16-8-6-15(7-9-16)14-4-2-1-3-5-14/h1-13H,(H2,21,22,23). The van der Waals surface area contributed by atoms with Crippen LogP contribution in [0.5, 0.6) is 0 Å². The van der Waals surface area contributed by atoms with Gasteiger partial charge in [0, 0.05) is 22.1 Å². The lowest BCUT2D eigenvalue weighted by molar-refractivity contribution is 0.262. The molecule has 0 fully saturated rings. The van der Waals surface area contributed by atoms with E-state index in [1.807, 2.05) is 54.6 Å². The van der Waals surface area contributed by atoms with Crippen molar-refractivity contribution in [2.24, 2.45) is 0 Å². The summed E-state index contributed by atoms with van der Waals surface area (Å²) >= 11 is 0. The lowest BCUT2D eigenvalue weighted by Gasteiger charge is -2.09. The first-order valence-electron chi connectivity index (χ1n) is 7.70. The molecule has 0 bridgehead atoms. The minimum Gasteiger partial charge on any atom is -0.308 e. The fraction of sp³-hybridized carbons (Fsp3) is 0. The predicted molar refractivity (Wildman–Crippen MR) is 104 cm³/mol. The van der Waals surface area contributed by atoms with Gasteiger partial charge in [-0.05, 0) is 47.5 Å². The smallest absolute Gasteiger partial charge is 0.308 e. The number of halogens is 1. The Bertz CT molecular complexity index is 1000. The maximum Gasteiger partial charge on any atom is 0.323 e. The highest BCUT2D eigenvalue weighted by Gasteiger charge is 2.10. The maximum atomic E-state index is 12.1. The monoisotopic (exact) mass is 386 g/mol. The second-order valence-corrected chi connectivity index (χ2v) is 8.05. The van der Waals surface area contributed by atoms with E-state index in [0.717, 1.165) is 11.1 Å². The highest BCUT2D eigenvalue weighted by atomic mass is 35.7. The van der Waals surface area contributed by atoms with Gasteiger partial charge in [-0.25, -0.2) is 13.2 Å². The molecule has 3 aromatic rings. The number of hydrogen-bond acceptors (Lipinski definition) is 3. The van der Waals surface area contributed by atoms with Gasteiger partial charge >= 0.3 is 6.03 Å². The molecule has 5 nitrogen and oxygen atoms in total. The Hall–Kier alpha value is -2.83. The van der Waals surface area contributed by atoms with Crippen LogP contribution in [0.3, 0.4) is 0 Å². The summed E-state index contributed by atoms with van der Waals surface area (Å²) in [5.74, 6) is 0. The molecular formula is C19H15ClN2O3S. The van der Waals surface area contributed by atoms with Gasteiger partial charge in [0.15, 0.2) is 0 Å². The van der Waals surface area contributed by atoms with E-state index in [2.05, 4.69) is 10.6 Å². The van der Waals surface area contributed by atoms with E-state index in [0.29, 0.717) is 11.4 Å². The molecule has 0 heterocycles. The SMILES string of the molecule is O=C(Nc1ccc(-c2ccccc2)cc1)Nc1ccc(S(=O)(=O)Cl)cc1. The molecule has 3 rings (SSSR count). The quantitative estimate of drug-likeness (QED) is 0.624. The lowest BCUT2D eigenvalue weighted by atomic mass is 10.1. The Balaban J connectivity index is 1.63. The van der Waals surface area contributed by atoms with Gasteiger partial charge in [0.05, 0.1) is 4.90 Å². The molecule has 0 unspecified atom stereocenters. The van der Waals surface area contributed by atoms with Gasteiger partial charge in [-0.2, -0.15) is 0 Å². The third-order valence-corrected chi connectivity index (χ3v) is 5.01. The van der Waals surface area contributed by atoms with Crippen molar-refractivity contribution >= 4 is 37.1 Å². The Morgan fingerprint density at radius 1 is 0.692 bits per heavy atom. The molecule has 0 aliphatic carbocycles. The van der Waals surface area contributed by atoms with Gasteiger partial charge in [0.1, 0.15) is 0 Å². The zero-order valence-corrected chi connectivity index (χ0v) is 15.1. The number of anilines is 2. The van der Waals surface area contributed by atoms with Crippen LogP contribution in [0.2, 0.25) is 0 Å². The van der Waals surface area contributed by atoms with Crippen molar-refractivity contribution in [3.63, 3.8) is 0 Å². The van der Waals surface area contributed by atoms with Crippen molar-refractivity contribution in [3.05, 3.63) is 78.9 Å². The van der Waals surface area contributed by atoms with Crippen molar-refractivity contribution in [2.45, 2.75) is 4.90 Å². The summed E-state index contributed by atoms with van der Waals surface area (Å²) in [6.45, 7) is 0. The Labute approximate surface area is 156 Å². The summed E-state index contributed by atoms with van der Waals surface area (Å²) in [6, 6.07) is 22.5. The van der Waals surface area contributed by atoms with Crippen LogP contribution in [0, 0.1) is 0 Å². The highest BCUT2D eigenvalue weighted by Crippen LogP contribution is 2.21. The molecule has 7 heteroatoms. The van der Waals surface area contributed by atoms with Crippen LogP contribution >= 0.6 is 10.7 Å². The molecule has 26 heavy (non-hydrogen) atoms. The molecule has 0 radical (unpaired) electrons. The summed E-state index contributed by atoms with van der Waals surface area (Å²) in [6.07, 6.45) is 0. The molecule has 0 aliphatic rings. The molecular weight excluding hydrogens is 372 g/mol. The number of hydrogen-bond donors (Lipinski definition) is 2. The summed E-state index contributed by atoms with van der Waals surface area (Å²) in [7, 11) is 1.47. The second kappa shape index (κ2) is 7.59. The van der Waals surface area contributed by atoms with E-state index >= 15 is 0 Å². The van der Waals surface area contributed by atoms with E-state index in [4.69, 9.17) is 10.7 Å². The van der Waals surface area contributed by atoms with Gasteiger partial charge in [0.2, 0.25) is 0 Å². The highest BCUT2D eigenvalue weighted by molar-refractivity contribution is 8.13. The molecule has 2 amide bonds. The van der Waals surface area contributed by atoms with Gasteiger partial charge < -0.3 is 10.6 Å². The number of amides is 2. The van der Waals surface area contributed by atoms with Gasteiger partial charge in [-0.3, -0.25) is 0 Å². The first kappa shape index (κ1) is 18.0. The summed E-state index contributed by atoms with van der Waals surface area (Å²) in [5.41, 5.74) is 3.24. The lowest BCUT2D eigenvalue weighted by Crippen LogP contribution is -2.19. The van der Waals surface area contributed by atoms with Crippen LogP contribution in [-0.4, -0.2) is 14.4 Å². The van der Waals surface area contributed by atoms with E-state index in [1.165, 1.54) is 24.3 Å². The minimum atomic E-state index is -3.78. The number of benzene rings is 3. The molecule has 0 saturated carbocycles. The van der Waals surface area contributed by atoms with Gasteiger partial charge in [0.25, 0.3) is 9.05 Å². The van der Waals surface area contributed by atoms with Crippen molar-refractivity contribution in [1.82, 2.24) is 0 Å². The average molecular weight is 387 g/mol. The maximum absolute atomic E-state index is 12.1. The Kier molecular flexibility index (Phi) is 5.25. The summed E-state index contributed by atoms with van der Waals surface area (Å²) in [5, 5.41) is 5.35. The first-order chi connectivity index (χ1) is 12.4. The van der Waals surface area contributed by atoms with Crippen LogP contribution in [-0.2, 0) is 9.05 Å². The Morgan fingerprint density at radius 3 is 1.65 bits per heavy atom. The van der Waals surface area contributed by atoms with Crippen LogP contribution in [0.1, 0.15) is 0 Å². The number of urea groups is 1. The van der Waals surface area contributed by atoms with Crippen molar-refractivity contribution in [3.8, 4) is 11.1 Å². The van der Waals surface area contributed by atoms with Gasteiger partial charge in [-0.15, -0.1) is 0 Å². The molecule has 0 aromatic heterocycles. The number of nitrogens with one attached hydrogen (secondary N) is 2. The van der Waals surface area contributed by atoms with Crippen LogP contribution in [0.15, 0.2) is 83.8 Å². The number of carbonyl (C=O) groups is 1. The van der Waals surface area contributed by atoms with Crippen molar-refractivity contribution < 1.29 is 13.2 Å². The average Bonchev–Trinajstić information content (AvgIpc) is 2.63. The fourth-order valence-electron chi connectivity index (χ4n) is 2.37. The molecule has 3 aromatic carbocycles. The van der Waals surface area contributed by atoms with E-state index in [-0.39, 0.29) is 4.90 Å². The molecule has 0 saturated heterocycles. The van der Waals surface area contributed by atoms with Crippen LogP contribution in [0.4, 0.5) is 16.2 Å². The van der Waals surface area contributed by atoms with Crippen LogP contribution < -0.4 is 10.6 Å². The zero-order valence-electron chi connectivity index (χ0n) is 13.5. The first-order valence-corrected chi connectivity index (χ1v) is 10.0. The summed E-state index contributed by atoms with van der Waals surface area (Å²) < 4.78 is 22.4. The molecule has 0 aliphatic heterocycles. The number of carbonyl (C=O) groups excluding carboxylic acids is 1. The zero-order chi connectivity index (χ0) is 18.6. The Morgan fingerprint density at radius 2 is 1.15 bits per heavy atom. The molecule has 0 spiro atoms. The molecule has 0 atom stereocenters. The van der Waals surface area contributed by atoms with E-state index in [9.17, 15) is 13.2 Å². The molecule has 132 valence electrons. The minimum absolute atomic E-state index is 0.0263. The third kappa shape index (κ3) is 4.62. The number of rotatable bonds is 4. The second-order valence-electron chi connectivity index (χ2n) is 5.48.